The van der Waals surface area contributed by atoms with E-state index >= 15 is 0 Å². The molecule has 0 bridgehead atoms. The lowest BCUT2D eigenvalue weighted by Gasteiger charge is -2.36. The van der Waals surface area contributed by atoms with Crippen molar-refractivity contribution >= 4 is 17.9 Å². The average molecular weight is 365 g/mol. The number of amides is 1. The normalized spacial score (nSPS) is 17.7. The van der Waals surface area contributed by atoms with Crippen LogP contribution in [0, 0.1) is 0 Å². The van der Waals surface area contributed by atoms with Crippen molar-refractivity contribution in [1.82, 2.24) is 10.6 Å². The molecule has 0 aromatic heterocycles. The number of carbonyl (C=O) groups excluding carboxylic acids is 1. The van der Waals surface area contributed by atoms with Gasteiger partial charge in [-0.05, 0) is 44.7 Å². The highest BCUT2D eigenvalue weighted by Crippen LogP contribution is 2.32. The van der Waals surface area contributed by atoms with Crippen molar-refractivity contribution in [1.29, 1.82) is 0 Å². The number of benzene rings is 1. The van der Waals surface area contributed by atoms with Gasteiger partial charge in [0.15, 0.2) is 0 Å². The molecule has 1 atom stereocenters. The molecule has 0 spiro atoms. The highest BCUT2D eigenvalue weighted by molar-refractivity contribution is 7.98. The fraction of sp³-hybridized carbons (Fsp3) is 0.650. The summed E-state index contributed by atoms with van der Waals surface area (Å²) in [5.41, 5.74) is 2.03. The predicted molar refractivity (Wildman–Crippen MR) is 106 cm³/mol. The van der Waals surface area contributed by atoms with Crippen LogP contribution in [0.3, 0.4) is 0 Å². The molecule has 4 nitrogen and oxygen atoms in total. The number of rotatable bonds is 6. The van der Waals surface area contributed by atoms with Crippen molar-refractivity contribution in [2.75, 3.05) is 12.3 Å². The molecule has 0 fully saturated rings. The van der Waals surface area contributed by atoms with Crippen molar-refractivity contribution in [2.24, 2.45) is 0 Å². The van der Waals surface area contributed by atoms with Crippen LogP contribution in [0.15, 0.2) is 24.3 Å². The summed E-state index contributed by atoms with van der Waals surface area (Å²) < 4.78 is 5.46. The van der Waals surface area contributed by atoms with E-state index in [0.717, 1.165) is 30.9 Å². The lowest BCUT2D eigenvalue weighted by atomic mass is 9.91. The van der Waals surface area contributed by atoms with E-state index in [1.54, 1.807) is 0 Å². The van der Waals surface area contributed by atoms with Crippen LogP contribution in [-0.2, 0) is 10.5 Å². The molecule has 0 radical (unpaired) electrons. The molecule has 0 saturated heterocycles. The van der Waals surface area contributed by atoms with Crippen LogP contribution in [0.2, 0.25) is 0 Å². The molecule has 0 saturated carbocycles. The van der Waals surface area contributed by atoms with E-state index in [4.69, 9.17) is 4.74 Å². The third-order valence-electron chi connectivity index (χ3n) is 4.78. The number of hydrogen-bond donors (Lipinski definition) is 2. The fourth-order valence-corrected chi connectivity index (χ4v) is 4.24. The maximum Gasteiger partial charge on any atom is 0.408 e. The Morgan fingerprint density at radius 2 is 1.92 bits per heavy atom. The van der Waals surface area contributed by atoms with E-state index < -0.39 is 5.60 Å². The highest BCUT2D eigenvalue weighted by atomic mass is 32.2. The van der Waals surface area contributed by atoms with Crippen molar-refractivity contribution in [3.05, 3.63) is 35.4 Å². The zero-order valence-electron chi connectivity index (χ0n) is 16.1. The molecule has 1 heterocycles. The predicted octanol–water partition coefficient (Wildman–Crippen LogP) is 4.65. The molecular formula is C20H32N2O2S. The van der Waals surface area contributed by atoms with Crippen LogP contribution >= 0.6 is 11.8 Å². The molecule has 25 heavy (non-hydrogen) atoms. The molecule has 0 aliphatic carbocycles. The minimum atomic E-state index is -0.482. The second kappa shape index (κ2) is 8.45. The molecule has 2 N–H and O–H groups in total. The summed E-state index contributed by atoms with van der Waals surface area (Å²) >= 11 is 1.96. The van der Waals surface area contributed by atoms with E-state index in [1.807, 2.05) is 32.5 Å². The minimum absolute atomic E-state index is 0.292. The number of hydrogen-bond acceptors (Lipinski definition) is 4. The molecule has 140 valence electrons. The monoisotopic (exact) mass is 364 g/mol. The Labute approximate surface area is 156 Å². The first-order valence-corrected chi connectivity index (χ1v) is 10.3. The van der Waals surface area contributed by atoms with E-state index in [9.17, 15) is 4.79 Å². The van der Waals surface area contributed by atoms with Crippen LogP contribution in [-0.4, -0.2) is 29.5 Å². The van der Waals surface area contributed by atoms with Gasteiger partial charge in [-0.15, -0.1) is 0 Å². The largest absolute Gasteiger partial charge is 0.444 e. The first-order chi connectivity index (χ1) is 11.8. The summed E-state index contributed by atoms with van der Waals surface area (Å²) in [5.74, 6) is 2.14. The van der Waals surface area contributed by atoms with Gasteiger partial charge in [0.2, 0.25) is 0 Å². The number of thioether (sulfide) groups is 1. The summed E-state index contributed by atoms with van der Waals surface area (Å²) in [7, 11) is 0. The smallest absolute Gasteiger partial charge is 0.408 e. The first kappa shape index (κ1) is 20.1. The van der Waals surface area contributed by atoms with Crippen LogP contribution in [0.4, 0.5) is 4.79 Å². The Kier molecular flexibility index (Phi) is 6.80. The van der Waals surface area contributed by atoms with Crippen LogP contribution in [0.25, 0.3) is 0 Å². The molecule has 2 rings (SSSR count). The van der Waals surface area contributed by atoms with Gasteiger partial charge in [0.05, 0.1) is 5.54 Å². The molecule has 1 unspecified atom stereocenters. The van der Waals surface area contributed by atoms with E-state index in [1.165, 1.54) is 11.1 Å². The van der Waals surface area contributed by atoms with Gasteiger partial charge in [-0.3, -0.25) is 0 Å². The Hall–Kier alpha value is -1.20. The van der Waals surface area contributed by atoms with Crippen molar-refractivity contribution in [3.8, 4) is 0 Å². The van der Waals surface area contributed by atoms with Gasteiger partial charge in [-0.2, -0.15) is 11.8 Å². The van der Waals surface area contributed by atoms with Gasteiger partial charge in [0, 0.05) is 24.1 Å². The second-order valence-electron chi connectivity index (χ2n) is 7.76. The second-order valence-corrected chi connectivity index (χ2v) is 8.79. The lowest BCUT2D eigenvalue weighted by Crippen LogP contribution is -2.55. The maximum absolute atomic E-state index is 12.3. The maximum atomic E-state index is 12.3. The number of ether oxygens (including phenoxy) is 1. The SMILES string of the molecule is CCC(CC)(CNC1CSCc2ccccc21)NC(=O)OC(C)(C)C. The third kappa shape index (κ3) is 5.65. The van der Waals surface area contributed by atoms with Gasteiger partial charge in [0.25, 0.3) is 0 Å². The van der Waals surface area contributed by atoms with Crippen LogP contribution < -0.4 is 10.6 Å². The summed E-state index contributed by atoms with van der Waals surface area (Å²) in [6.45, 7) is 10.6. The zero-order valence-corrected chi connectivity index (χ0v) is 17.0. The molecule has 1 aromatic carbocycles. The quantitative estimate of drug-likeness (QED) is 0.771. The fourth-order valence-electron chi connectivity index (χ4n) is 3.11. The first-order valence-electron chi connectivity index (χ1n) is 9.18. The molecule has 1 amide bonds. The Morgan fingerprint density at radius 3 is 2.56 bits per heavy atom. The average Bonchev–Trinajstić information content (AvgIpc) is 2.57. The van der Waals surface area contributed by atoms with E-state index in [-0.39, 0.29) is 11.6 Å². The molecule has 5 heteroatoms. The molecule has 1 aliphatic rings. The van der Waals surface area contributed by atoms with Crippen LogP contribution in [0.1, 0.15) is 64.6 Å². The van der Waals surface area contributed by atoms with Gasteiger partial charge >= 0.3 is 6.09 Å². The number of carbonyl (C=O) groups is 1. The van der Waals surface area contributed by atoms with Gasteiger partial charge in [-0.25, -0.2) is 4.79 Å². The Balaban J connectivity index is 2.03. The molecule has 1 aliphatic heterocycles. The summed E-state index contributed by atoms with van der Waals surface area (Å²) in [5, 5.41) is 6.82. The molecule has 1 aromatic rings. The number of alkyl carbamates (subject to hydrolysis) is 1. The summed E-state index contributed by atoms with van der Waals surface area (Å²) in [6, 6.07) is 8.96. The summed E-state index contributed by atoms with van der Waals surface area (Å²) in [4.78, 5) is 12.3. The Bertz CT molecular complexity index is 579. The number of nitrogens with one attached hydrogen (secondary N) is 2. The standard InChI is InChI=1S/C20H32N2O2S/c1-6-20(7-2,22-18(23)24-19(3,4)5)14-21-17-13-25-12-15-10-8-9-11-16(15)17/h8-11,17,21H,6-7,12-14H2,1-5H3,(H,22,23). The van der Waals surface area contributed by atoms with E-state index in [0.29, 0.717) is 6.04 Å². The topological polar surface area (TPSA) is 50.4 Å². The van der Waals surface area contributed by atoms with E-state index in [2.05, 4.69) is 48.7 Å². The Morgan fingerprint density at radius 1 is 1.24 bits per heavy atom. The molecular weight excluding hydrogens is 332 g/mol. The highest BCUT2D eigenvalue weighted by Gasteiger charge is 2.32. The van der Waals surface area contributed by atoms with Gasteiger partial charge in [0.1, 0.15) is 5.60 Å². The number of fused-ring (bicyclic) bond motifs is 1. The third-order valence-corrected chi connectivity index (χ3v) is 5.86. The van der Waals surface area contributed by atoms with Gasteiger partial charge in [-0.1, -0.05) is 38.1 Å². The minimum Gasteiger partial charge on any atom is -0.444 e. The zero-order chi connectivity index (χ0) is 18.5. The van der Waals surface area contributed by atoms with Crippen LogP contribution in [0.5, 0.6) is 0 Å². The lowest BCUT2D eigenvalue weighted by molar-refractivity contribution is 0.0444. The van der Waals surface area contributed by atoms with Crippen molar-refractivity contribution in [3.63, 3.8) is 0 Å². The summed E-state index contributed by atoms with van der Waals surface area (Å²) in [6.07, 6.45) is 1.38. The van der Waals surface area contributed by atoms with Crippen molar-refractivity contribution in [2.45, 2.75) is 70.4 Å². The van der Waals surface area contributed by atoms with Crippen molar-refractivity contribution < 1.29 is 9.53 Å². The van der Waals surface area contributed by atoms with Gasteiger partial charge < -0.3 is 15.4 Å².